The first-order valence-electron chi connectivity index (χ1n) is 30.3. The van der Waals surface area contributed by atoms with E-state index in [1.807, 2.05) is 6.92 Å². The van der Waals surface area contributed by atoms with Crippen LogP contribution in [0, 0.1) is 46.3 Å². The van der Waals surface area contributed by atoms with Crippen LogP contribution in [0.5, 0.6) is 0 Å². The Morgan fingerprint density at radius 1 is 0.736 bits per heavy atom. The third-order valence-corrected chi connectivity index (χ3v) is 18.7. The van der Waals surface area contributed by atoms with Gasteiger partial charge in [-0.15, -0.1) is 0 Å². The predicted octanol–water partition coefficient (Wildman–Crippen LogP) is 14.1. The SMILES string of the molecule is CCCCCCCC/C=C\CCCCCCCCOCC(CN1CCC(C(=O)OCC)CC1)OCCOC(=O)CCC(=O)OC1CCC2(C)C(=CCC3(N)C2CCC2(C)C(C(C)CCCC(C)C)CCC23)C1. The van der Waals surface area contributed by atoms with Gasteiger partial charge in [-0.05, 0) is 150 Å². The van der Waals surface area contributed by atoms with Crippen LogP contribution < -0.4 is 5.73 Å². The lowest BCUT2D eigenvalue weighted by Crippen LogP contribution is -2.66. The van der Waals surface area contributed by atoms with E-state index in [1.54, 1.807) is 0 Å². The number of fused-ring (bicyclic) bond motifs is 5. The molecule has 1 saturated heterocycles. The molecular weight excluding hydrogens is 901 g/mol. The highest BCUT2D eigenvalue weighted by Crippen LogP contribution is 2.68. The van der Waals surface area contributed by atoms with Crippen molar-refractivity contribution in [2.45, 2.75) is 252 Å². The zero-order valence-corrected chi connectivity index (χ0v) is 47.3. The van der Waals surface area contributed by atoms with Gasteiger partial charge in [-0.1, -0.05) is 142 Å². The topological polar surface area (TPSA) is 127 Å². The van der Waals surface area contributed by atoms with Crippen LogP contribution >= 0.6 is 0 Å². The van der Waals surface area contributed by atoms with Crippen molar-refractivity contribution in [2.75, 3.05) is 52.7 Å². The largest absolute Gasteiger partial charge is 0.466 e. The second-order valence-corrected chi connectivity index (χ2v) is 24.5. The van der Waals surface area contributed by atoms with E-state index in [4.69, 9.17) is 29.4 Å². The minimum absolute atomic E-state index is 0.00723. The van der Waals surface area contributed by atoms with Crippen molar-refractivity contribution in [1.29, 1.82) is 0 Å². The summed E-state index contributed by atoms with van der Waals surface area (Å²) in [5, 5.41) is 0. The van der Waals surface area contributed by atoms with E-state index < -0.39 is 5.97 Å². The van der Waals surface area contributed by atoms with Crippen molar-refractivity contribution in [3.63, 3.8) is 0 Å². The van der Waals surface area contributed by atoms with Crippen LogP contribution in [0.2, 0.25) is 0 Å². The molecule has 0 aromatic rings. The van der Waals surface area contributed by atoms with Gasteiger partial charge in [0.1, 0.15) is 12.7 Å². The van der Waals surface area contributed by atoms with Crippen molar-refractivity contribution in [3.05, 3.63) is 23.8 Å². The molecule has 0 bridgehead atoms. The summed E-state index contributed by atoms with van der Waals surface area (Å²) in [4.78, 5) is 40.7. The highest BCUT2D eigenvalue weighted by Gasteiger charge is 2.64. The zero-order chi connectivity index (χ0) is 51.8. The number of esters is 3. The molecule has 4 fully saturated rings. The second kappa shape index (κ2) is 31.7. The molecule has 0 amide bonds. The third kappa shape index (κ3) is 18.5. The van der Waals surface area contributed by atoms with Gasteiger partial charge in [0.15, 0.2) is 0 Å². The number of nitrogens with zero attached hydrogens (tertiary/aromatic N) is 1. The highest BCUT2D eigenvalue weighted by molar-refractivity contribution is 5.77. The molecule has 0 spiro atoms. The van der Waals surface area contributed by atoms with Crippen molar-refractivity contribution in [1.82, 2.24) is 4.90 Å². The van der Waals surface area contributed by atoms with E-state index >= 15 is 0 Å². The Morgan fingerprint density at radius 3 is 2.11 bits per heavy atom. The van der Waals surface area contributed by atoms with Crippen LogP contribution in [-0.4, -0.2) is 93.2 Å². The van der Waals surface area contributed by atoms with E-state index in [-0.39, 0.29) is 67.1 Å². The minimum atomic E-state index is -0.418. The standard InChI is InChI=1S/C62H108N2O8/c1-8-10-11-12-13-14-15-16-17-18-19-20-21-22-23-24-42-68-47-53(46-64-40-35-50(36-41-64)59(67)69-9-2)70-43-44-71-57(65)30-31-58(66)72-52-33-37-60(6)51(45-52)32-39-62(63)55-29-28-54(49(5)27-25-26-48(3)4)61(55,7)38-34-56(60)62/h16-17,32,48-50,52-56H,8-15,18-31,33-47,63H2,1-7H3/b17-16-. The fourth-order valence-electron chi connectivity index (χ4n) is 14.6. The monoisotopic (exact) mass is 1010 g/mol. The summed E-state index contributed by atoms with van der Waals surface area (Å²) >= 11 is 0. The van der Waals surface area contributed by atoms with Crippen molar-refractivity contribution in [3.8, 4) is 0 Å². The van der Waals surface area contributed by atoms with Crippen LogP contribution in [0.3, 0.4) is 0 Å². The molecule has 3 saturated carbocycles. The number of piperidine rings is 1. The summed E-state index contributed by atoms with van der Waals surface area (Å²) in [6.45, 7) is 20.6. The maximum Gasteiger partial charge on any atom is 0.309 e. The molecule has 5 aliphatic rings. The highest BCUT2D eigenvalue weighted by atomic mass is 16.6. The van der Waals surface area contributed by atoms with Gasteiger partial charge in [0.25, 0.3) is 0 Å². The van der Waals surface area contributed by atoms with Crippen LogP contribution in [0.15, 0.2) is 23.8 Å². The lowest BCUT2D eigenvalue weighted by molar-refractivity contribution is -0.156. The first-order chi connectivity index (χ1) is 34.7. The number of unbranched alkanes of at least 4 members (excludes halogenated alkanes) is 12. The second-order valence-electron chi connectivity index (χ2n) is 24.5. The zero-order valence-electron chi connectivity index (χ0n) is 47.3. The van der Waals surface area contributed by atoms with Crippen molar-refractivity contribution in [2.24, 2.45) is 52.1 Å². The average Bonchev–Trinajstić information content (AvgIpc) is 3.72. The lowest BCUT2D eigenvalue weighted by Gasteiger charge is -2.63. The fourth-order valence-corrected chi connectivity index (χ4v) is 14.6. The quantitative estimate of drug-likeness (QED) is 0.0284. The van der Waals surface area contributed by atoms with Crippen LogP contribution in [-0.2, 0) is 38.1 Å². The smallest absolute Gasteiger partial charge is 0.309 e. The molecule has 414 valence electrons. The van der Waals surface area contributed by atoms with Gasteiger partial charge >= 0.3 is 17.9 Å². The fraction of sp³-hybridized carbons (Fsp3) is 0.887. The summed E-state index contributed by atoms with van der Waals surface area (Å²) in [5.41, 5.74) is 9.31. The normalized spacial score (nSPS) is 28.5. The number of hydrogen-bond acceptors (Lipinski definition) is 10. The molecule has 5 rings (SSSR count). The van der Waals surface area contributed by atoms with E-state index in [2.05, 4.69) is 64.7 Å². The van der Waals surface area contributed by atoms with Gasteiger partial charge in [0.05, 0.1) is 44.7 Å². The number of carbonyl (C=O) groups excluding carboxylic acids is 3. The molecule has 0 aromatic heterocycles. The van der Waals surface area contributed by atoms with Gasteiger partial charge in [-0.25, -0.2) is 0 Å². The van der Waals surface area contributed by atoms with E-state index in [0.717, 1.165) is 82.2 Å². The molecule has 10 heteroatoms. The van der Waals surface area contributed by atoms with E-state index in [1.165, 1.54) is 128 Å². The summed E-state index contributed by atoms with van der Waals surface area (Å²) in [7, 11) is 0. The van der Waals surface area contributed by atoms with Gasteiger partial charge in [0, 0.05) is 25.1 Å². The molecule has 2 N–H and O–H groups in total. The Kier molecular flexibility index (Phi) is 26.7. The minimum Gasteiger partial charge on any atom is -0.466 e. The number of nitrogens with two attached hydrogens (primary N) is 1. The van der Waals surface area contributed by atoms with Gasteiger partial charge < -0.3 is 34.3 Å². The number of allylic oxidation sites excluding steroid dienone is 2. The Labute approximate surface area is 440 Å². The van der Waals surface area contributed by atoms with Crippen LogP contribution in [0.1, 0.15) is 235 Å². The number of carbonyl (C=O) groups is 3. The van der Waals surface area contributed by atoms with Gasteiger partial charge in [0.2, 0.25) is 0 Å². The molecule has 10 nitrogen and oxygen atoms in total. The molecule has 0 radical (unpaired) electrons. The maximum atomic E-state index is 13.1. The lowest BCUT2D eigenvalue weighted by atomic mass is 9.44. The number of ether oxygens (including phenoxy) is 5. The van der Waals surface area contributed by atoms with Crippen molar-refractivity contribution >= 4 is 17.9 Å². The molecule has 1 aliphatic heterocycles. The molecule has 1 heterocycles. The summed E-state index contributed by atoms with van der Waals surface area (Å²) < 4.78 is 29.3. The number of hydrogen-bond donors (Lipinski definition) is 1. The maximum absolute atomic E-state index is 13.1. The van der Waals surface area contributed by atoms with Gasteiger partial charge in [-0.3, -0.25) is 14.4 Å². The first-order valence-corrected chi connectivity index (χ1v) is 30.3. The van der Waals surface area contributed by atoms with Gasteiger partial charge in [-0.2, -0.15) is 0 Å². The molecular formula is C62H108N2O8. The predicted molar refractivity (Wildman–Crippen MR) is 292 cm³/mol. The summed E-state index contributed by atoms with van der Waals surface area (Å²) in [6.07, 6.45) is 38.8. The number of rotatable bonds is 35. The van der Waals surface area contributed by atoms with E-state index in [0.29, 0.717) is 43.6 Å². The molecule has 0 aromatic carbocycles. The number of likely N-dealkylation sites (tertiary alicyclic amines) is 1. The Morgan fingerprint density at radius 2 is 1.42 bits per heavy atom. The van der Waals surface area contributed by atoms with Crippen LogP contribution in [0.4, 0.5) is 0 Å². The van der Waals surface area contributed by atoms with Crippen LogP contribution in [0.25, 0.3) is 0 Å². The first kappa shape index (κ1) is 60.6. The molecule has 4 aliphatic carbocycles. The molecule has 9 unspecified atom stereocenters. The Bertz CT molecular complexity index is 1640. The summed E-state index contributed by atoms with van der Waals surface area (Å²) in [5.74, 6) is 2.41. The molecule has 9 atom stereocenters. The third-order valence-electron chi connectivity index (χ3n) is 18.7. The summed E-state index contributed by atoms with van der Waals surface area (Å²) in [6, 6.07) is 0. The Hall–Kier alpha value is -2.27. The Balaban J connectivity index is 0.970. The van der Waals surface area contributed by atoms with Crippen molar-refractivity contribution < 1.29 is 38.1 Å². The van der Waals surface area contributed by atoms with E-state index in [9.17, 15) is 14.4 Å². The molecule has 72 heavy (non-hydrogen) atoms. The average molecular weight is 1010 g/mol.